The molecule has 1 saturated heterocycles. The van der Waals surface area contributed by atoms with E-state index in [4.69, 9.17) is 25.7 Å². The predicted octanol–water partition coefficient (Wildman–Crippen LogP) is 2.90. The third-order valence-electron chi connectivity index (χ3n) is 9.55. The van der Waals surface area contributed by atoms with Crippen molar-refractivity contribution in [1.82, 2.24) is 0 Å². The highest BCUT2D eigenvalue weighted by atomic mass is 16.7. The summed E-state index contributed by atoms with van der Waals surface area (Å²) in [5.41, 5.74) is 14.3. The molecule has 0 radical (unpaired) electrons. The number of rotatable bonds is 11. The molecule has 13 nitrogen and oxygen atoms in total. The van der Waals surface area contributed by atoms with Crippen LogP contribution in [0.25, 0.3) is 12.2 Å². The molecule has 0 saturated carbocycles. The van der Waals surface area contributed by atoms with Crippen LogP contribution in [0.1, 0.15) is 91.7 Å². The average Bonchev–Trinajstić information content (AvgIpc) is 3.14. The molecule has 1 heterocycles. The van der Waals surface area contributed by atoms with Crippen molar-refractivity contribution in [3.8, 4) is 17.2 Å². The van der Waals surface area contributed by atoms with Crippen LogP contribution in [0.2, 0.25) is 0 Å². The number of nitrogens with two attached hydrogens (primary N) is 2. The van der Waals surface area contributed by atoms with Gasteiger partial charge in [0, 0.05) is 47.8 Å². The van der Waals surface area contributed by atoms with Crippen LogP contribution in [-0.4, -0.2) is 80.4 Å². The molecule has 4 aromatic carbocycles. The van der Waals surface area contributed by atoms with Crippen molar-refractivity contribution in [3.05, 3.63) is 122 Å². The monoisotopic (exact) mass is 738 g/mol. The van der Waals surface area contributed by atoms with E-state index >= 15 is 0 Å². The van der Waals surface area contributed by atoms with Crippen LogP contribution >= 0.6 is 0 Å². The van der Waals surface area contributed by atoms with Crippen LogP contribution in [-0.2, 0) is 22.4 Å². The van der Waals surface area contributed by atoms with Gasteiger partial charge in [-0.25, -0.2) is 0 Å². The molecule has 6 rings (SSSR count). The fraction of sp³-hybridized carbons (Fsp3) is 0.293. The summed E-state index contributed by atoms with van der Waals surface area (Å²) in [5, 5.41) is 52.8. The van der Waals surface area contributed by atoms with Crippen molar-refractivity contribution in [2.75, 3.05) is 6.61 Å². The number of hydrogen-bond acceptors (Lipinski definition) is 13. The van der Waals surface area contributed by atoms with Crippen molar-refractivity contribution in [1.29, 1.82) is 0 Å². The maximum atomic E-state index is 14.6. The molecule has 13 heteroatoms. The standard InChI is InChI=1S/C41H42N2O11/c1-20-34(46)38(50)39(51)41(52-20)54-31-19-29-33(36(48)28(31)18-24-8-4-10-25(17-24)40(42)43)35(47)27-13-14-30(53-21(2)45)26(32(27)37(29)49)12-11-23-7-3-6-22(16-23)9-5-15-44/h3-4,6-8,10-14,16-17,19-20,34,38-41,44,46,48,50-51H,5,9,15,18,42-43H2,1-2H3. The van der Waals surface area contributed by atoms with Gasteiger partial charge in [0.25, 0.3) is 0 Å². The molecule has 4 aromatic rings. The number of carbonyl (C=O) groups excluding carboxylic acids is 3. The molecule has 1 fully saturated rings. The second-order valence-electron chi connectivity index (χ2n) is 13.4. The van der Waals surface area contributed by atoms with E-state index in [9.17, 15) is 39.9 Å². The van der Waals surface area contributed by atoms with Crippen molar-refractivity contribution in [2.45, 2.75) is 70.0 Å². The fourth-order valence-electron chi connectivity index (χ4n) is 6.75. The molecular formula is C41H42N2O11. The Hall–Kier alpha value is -5.25. The first-order valence-corrected chi connectivity index (χ1v) is 17.5. The smallest absolute Gasteiger partial charge is 0.308 e. The minimum atomic E-state index is -1.73. The Morgan fingerprint density at radius 3 is 2.31 bits per heavy atom. The molecule has 5 atom stereocenters. The summed E-state index contributed by atoms with van der Waals surface area (Å²) in [5.74, 6) is -2.72. The molecule has 0 bridgehead atoms. The lowest BCUT2D eigenvalue weighted by atomic mass is 9.79. The summed E-state index contributed by atoms with van der Waals surface area (Å²) in [6.45, 7) is 2.72. The molecule has 9 N–H and O–H groups in total. The van der Waals surface area contributed by atoms with Crippen LogP contribution in [0.15, 0.2) is 66.7 Å². The number of aliphatic hydroxyl groups excluding tert-OH is 4. The second kappa shape index (κ2) is 16.0. The first-order valence-electron chi connectivity index (χ1n) is 17.5. The Labute approximate surface area is 311 Å². The van der Waals surface area contributed by atoms with Crippen LogP contribution in [0.5, 0.6) is 17.2 Å². The molecule has 1 aliphatic heterocycles. The molecule has 1 aliphatic carbocycles. The third-order valence-corrected chi connectivity index (χ3v) is 9.55. The zero-order chi connectivity index (χ0) is 38.8. The summed E-state index contributed by atoms with van der Waals surface area (Å²) in [4.78, 5) is 41.1. The topological polar surface area (TPSA) is 232 Å². The van der Waals surface area contributed by atoms with E-state index in [1.807, 2.05) is 24.3 Å². The highest BCUT2D eigenvalue weighted by Crippen LogP contribution is 2.44. The number of hydrogen-bond donors (Lipinski definition) is 7. The molecular weight excluding hydrogens is 696 g/mol. The lowest BCUT2D eigenvalue weighted by molar-refractivity contribution is -0.268. The molecule has 282 valence electrons. The molecule has 0 amide bonds. The Balaban J connectivity index is 1.49. The SMILES string of the molecule is CC(=O)Oc1ccc2c(c1C=Cc1cccc(CCCO)c1)C(=O)c1cc(OC3OC(C)C(O)C(O)C3O)c(Cc3cccc(C(N)N)c3)c(O)c1C2=O. The molecule has 2 aliphatic rings. The van der Waals surface area contributed by atoms with Crippen LogP contribution in [0, 0.1) is 0 Å². The van der Waals surface area contributed by atoms with Crippen molar-refractivity contribution < 1.29 is 54.1 Å². The maximum Gasteiger partial charge on any atom is 0.308 e. The van der Waals surface area contributed by atoms with Gasteiger partial charge in [-0.3, -0.25) is 14.4 Å². The van der Waals surface area contributed by atoms with E-state index in [1.54, 1.807) is 36.4 Å². The summed E-state index contributed by atoms with van der Waals surface area (Å²) in [6.07, 6.45) is -3.67. The van der Waals surface area contributed by atoms with Crippen LogP contribution in [0.4, 0.5) is 0 Å². The molecule has 54 heavy (non-hydrogen) atoms. The highest BCUT2D eigenvalue weighted by Gasteiger charge is 2.44. The second-order valence-corrected chi connectivity index (χ2v) is 13.4. The van der Waals surface area contributed by atoms with Crippen molar-refractivity contribution in [3.63, 3.8) is 0 Å². The van der Waals surface area contributed by atoms with Crippen LogP contribution < -0.4 is 20.9 Å². The summed E-state index contributed by atoms with van der Waals surface area (Å²) in [6, 6.07) is 18.4. The summed E-state index contributed by atoms with van der Waals surface area (Å²) < 4.78 is 17.3. The zero-order valence-corrected chi connectivity index (χ0v) is 29.6. The number of carbonyl (C=O) groups is 3. The Morgan fingerprint density at radius 1 is 0.870 bits per heavy atom. The van der Waals surface area contributed by atoms with E-state index in [2.05, 4.69) is 0 Å². The molecule has 5 unspecified atom stereocenters. The minimum absolute atomic E-state index is 0.0223. The van der Waals surface area contributed by atoms with Gasteiger partial charge in [0.05, 0.1) is 17.8 Å². The van der Waals surface area contributed by atoms with Crippen molar-refractivity contribution in [2.24, 2.45) is 11.5 Å². The lowest BCUT2D eigenvalue weighted by Gasteiger charge is -2.39. The molecule has 0 spiro atoms. The number of benzene rings is 4. The van der Waals surface area contributed by atoms with E-state index in [1.165, 1.54) is 32.0 Å². The average molecular weight is 739 g/mol. The van der Waals surface area contributed by atoms with E-state index in [0.717, 1.165) is 11.1 Å². The number of esters is 1. The number of ether oxygens (including phenoxy) is 3. The number of aryl methyl sites for hydroxylation is 1. The van der Waals surface area contributed by atoms with Gasteiger partial charge in [0.15, 0.2) is 11.6 Å². The van der Waals surface area contributed by atoms with Gasteiger partial charge in [-0.15, -0.1) is 0 Å². The van der Waals surface area contributed by atoms with E-state index in [0.29, 0.717) is 24.0 Å². The number of fused-ring (bicyclic) bond motifs is 2. The Kier molecular flexibility index (Phi) is 11.4. The first-order chi connectivity index (χ1) is 25.8. The van der Waals surface area contributed by atoms with E-state index < -0.39 is 60.2 Å². The third kappa shape index (κ3) is 7.70. The van der Waals surface area contributed by atoms with Gasteiger partial charge in [0.2, 0.25) is 6.29 Å². The van der Waals surface area contributed by atoms with Gasteiger partial charge < -0.3 is 51.2 Å². The Bertz CT molecular complexity index is 2130. The minimum Gasteiger partial charge on any atom is -0.507 e. The van der Waals surface area contributed by atoms with Crippen LogP contribution in [0.3, 0.4) is 0 Å². The van der Waals surface area contributed by atoms with Gasteiger partial charge in [-0.1, -0.05) is 54.6 Å². The number of aliphatic hydroxyl groups is 4. The summed E-state index contributed by atoms with van der Waals surface area (Å²) in [7, 11) is 0. The highest BCUT2D eigenvalue weighted by molar-refractivity contribution is 6.31. The van der Waals surface area contributed by atoms with Crippen molar-refractivity contribution >= 4 is 29.7 Å². The first kappa shape index (κ1) is 38.5. The van der Waals surface area contributed by atoms with E-state index in [-0.39, 0.29) is 57.9 Å². The van der Waals surface area contributed by atoms with Gasteiger partial charge in [0.1, 0.15) is 35.6 Å². The molecule has 0 aromatic heterocycles. The Morgan fingerprint density at radius 2 is 1.59 bits per heavy atom. The fourth-order valence-corrected chi connectivity index (χ4v) is 6.75. The quantitative estimate of drug-likeness (QED) is 0.0448. The number of aromatic hydroxyl groups is 1. The number of ketones is 2. The number of phenolic OH excluding ortho intramolecular Hbond substituents is 1. The van der Waals surface area contributed by atoms with Gasteiger partial charge >= 0.3 is 5.97 Å². The predicted molar refractivity (Wildman–Crippen MR) is 197 cm³/mol. The maximum absolute atomic E-state index is 14.6. The largest absolute Gasteiger partial charge is 0.507 e. The zero-order valence-electron chi connectivity index (χ0n) is 29.6. The normalized spacial score (nSPS) is 20.9. The summed E-state index contributed by atoms with van der Waals surface area (Å²) >= 11 is 0. The number of phenols is 1. The van der Waals surface area contributed by atoms with Gasteiger partial charge in [-0.2, -0.15) is 0 Å². The van der Waals surface area contributed by atoms with Gasteiger partial charge in [-0.05, 0) is 66.3 Å². The lowest BCUT2D eigenvalue weighted by Crippen LogP contribution is -2.58.